The van der Waals surface area contributed by atoms with Gasteiger partial charge in [-0.05, 0) is 112 Å². The van der Waals surface area contributed by atoms with Gasteiger partial charge < -0.3 is 110 Å². The van der Waals surface area contributed by atoms with Gasteiger partial charge >= 0.3 is 0 Å². The fraction of sp³-hybridized carbons (Fsp3) is 0.574. The van der Waals surface area contributed by atoms with Gasteiger partial charge in [-0.1, -0.05) is 76.6 Å². The molecule has 34 nitrogen and oxygen atoms in total. The van der Waals surface area contributed by atoms with E-state index in [4.69, 9.17) is 57.3 Å². The molecule has 34 heteroatoms. The molecule has 0 aromatic heterocycles. The summed E-state index contributed by atoms with van der Waals surface area (Å²) in [6.45, 7) is 6.96. The fourth-order valence-electron chi connectivity index (χ4n) is 10.2. The standard InChI is InChI=1S/C61H101N23O11/c1-5-35(4)48(57(95)80-42(18-11-27-74-60(68)69)51(89)77-40(49(63)87)16-9-25-72-58(64)65)83-53(91)43(19-12-28-75-61(70)71)78-52(90)41(17-10-26-73-59(66)67)79-54(92)44(30-34(2)3)81-55(93)45(32-36-14-7-6-8-15-36)82-56(94)46-20-13-29-84(46)47(86)33-76-50(88)39(62)31-37-21-23-38(85)24-22-37/h6-8,14-15,21-24,34-35,39-46,48,85H,5,9-13,16-20,25-33,62H2,1-4H3,(H2,63,87)(H,76,88)(H,77,89)(H,78,90)(H,79,92)(H,80,95)(H,81,93)(H,82,94)(H,83,91)(H4,64,65,72)(H4,66,67,73)(H4,68,69,74)(H4,70,71,75)/t35-,39-,40-,41-,42-,43-,44-,45-,46-,48-/m0/s1. The van der Waals surface area contributed by atoms with E-state index < -0.39 is 126 Å². The van der Waals surface area contributed by atoms with Gasteiger partial charge in [0.15, 0.2) is 23.8 Å². The Bertz CT molecular complexity index is 2970. The number of hydrogen-bond acceptors (Lipinski definition) is 16. The van der Waals surface area contributed by atoms with E-state index in [0.717, 1.165) is 0 Å². The molecule has 0 unspecified atom stereocenters. The second-order valence-corrected chi connectivity index (χ2v) is 23.7. The van der Waals surface area contributed by atoms with E-state index in [1.54, 1.807) is 70.2 Å². The zero-order valence-electron chi connectivity index (χ0n) is 54.7. The highest BCUT2D eigenvalue weighted by Crippen LogP contribution is 2.20. The molecule has 0 saturated carbocycles. The molecular weight excluding hydrogens is 1230 g/mol. The van der Waals surface area contributed by atoms with Gasteiger partial charge in [-0.2, -0.15) is 0 Å². The lowest BCUT2D eigenvalue weighted by molar-refractivity contribution is -0.140. The summed E-state index contributed by atoms with van der Waals surface area (Å²) in [5, 5.41) is 31.3. The Morgan fingerprint density at radius 1 is 0.516 bits per heavy atom. The molecule has 10 atom stereocenters. The largest absolute Gasteiger partial charge is 0.508 e. The second kappa shape index (κ2) is 41.5. The van der Waals surface area contributed by atoms with Crippen molar-refractivity contribution in [2.24, 2.45) is 89.1 Å². The number of primary amides is 1. The van der Waals surface area contributed by atoms with Gasteiger partial charge in [0.05, 0.1) is 12.6 Å². The van der Waals surface area contributed by atoms with Gasteiger partial charge in [0.1, 0.15) is 54.1 Å². The van der Waals surface area contributed by atoms with Crippen molar-refractivity contribution in [2.45, 2.75) is 172 Å². The number of rotatable bonds is 42. The third kappa shape index (κ3) is 30.1. The number of carbonyl (C=O) groups excluding carboxylic acids is 10. The van der Waals surface area contributed by atoms with Crippen LogP contribution in [0.3, 0.4) is 0 Å². The molecule has 1 aliphatic rings. The lowest BCUT2D eigenvalue weighted by Gasteiger charge is -2.30. The number of benzene rings is 2. The lowest BCUT2D eigenvalue weighted by Crippen LogP contribution is -2.61. The molecule has 0 spiro atoms. The predicted octanol–water partition coefficient (Wildman–Crippen LogP) is -5.20. The van der Waals surface area contributed by atoms with Crippen molar-refractivity contribution >= 4 is 82.9 Å². The Labute approximate surface area is 553 Å². The molecule has 95 heavy (non-hydrogen) atoms. The molecule has 0 bridgehead atoms. The van der Waals surface area contributed by atoms with E-state index in [9.17, 15) is 53.1 Å². The van der Waals surface area contributed by atoms with Crippen molar-refractivity contribution < 1.29 is 53.1 Å². The number of aromatic hydroxyl groups is 1. The van der Waals surface area contributed by atoms with Crippen LogP contribution < -0.4 is 99.9 Å². The first-order valence-electron chi connectivity index (χ1n) is 31.8. The number of amides is 10. The summed E-state index contributed by atoms with van der Waals surface area (Å²) in [7, 11) is 0. The Morgan fingerprint density at radius 3 is 1.40 bits per heavy atom. The SMILES string of the molecule is CC[C@H](C)[C@H](NC(=O)[C@H](CCCN=C(N)N)NC(=O)[C@H](CCCN=C(N)N)NC(=O)[C@H](CC(C)C)NC(=O)[C@H](Cc1ccccc1)NC(=O)[C@@H]1CCCN1C(=O)CNC(=O)[C@@H](N)Cc1ccc(O)cc1)C(=O)N[C@@H](CCCN=C(N)N)C(=O)N[C@@H](CCCN=C(N)N)C(N)=O. The van der Waals surface area contributed by atoms with Crippen molar-refractivity contribution in [2.75, 3.05) is 39.3 Å². The highest BCUT2D eigenvalue weighted by Gasteiger charge is 2.39. The number of likely N-dealkylation sites (tertiary alicyclic amines) is 1. The van der Waals surface area contributed by atoms with E-state index in [1.165, 1.54) is 17.0 Å². The molecular formula is C61H101N23O11. The highest BCUT2D eigenvalue weighted by atomic mass is 16.3. The summed E-state index contributed by atoms with van der Waals surface area (Å²) >= 11 is 0. The van der Waals surface area contributed by atoms with Crippen LogP contribution in [-0.4, -0.2) is 187 Å². The summed E-state index contributed by atoms with van der Waals surface area (Å²) < 4.78 is 0. The van der Waals surface area contributed by atoms with Gasteiger partial charge in [0.25, 0.3) is 0 Å². The van der Waals surface area contributed by atoms with Crippen LogP contribution >= 0.6 is 0 Å². The minimum atomic E-state index is -1.43. The lowest BCUT2D eigenvalue weighted by atomic mass is 9.96. The van der Waals surface area contributed by atoms with Gasteiger partial charge in [0, 0.05) is 39.1 Å². The minimum Gasteiger partial charge on any atom is -0.508 e. The third-order valence-electron chi connectivity index (χ3n) is 15.4. The average molecular weight is 1330 g/mol. The molecule has 3 rings (SSSR count). The zero-order valence-corrected chi connectivity index (χ0v) is 54.7. The van der Waals surface area contributed by atoms with Crippen molar-refractivity contribution in [3.8, 4) is 5.75 Å². The molecule has 0 radical (unpaired) electrons. The average Bonchev–Trinajstić information content (AvgIpc) is 1.84. The number of nitrogens with one attached hydrogen (secondary N) is 8. The van der Waals surface area contributed by atoms with Crippen LogP contribution in [-0.2, 0) is 60.8 Å². The number of carbonyl (C=O) groups is 10. The van der Waals surface area contributed by atoms with Crippen LogP contribution in [0.4, 0.5) is 0 Å². The van der Waals surface area contributed by atoms with Gasteiger partial charge in [-0.3, -0.25) is 67.9 Å². The van der Waals surface area contributed by atoms with Crippen LogP contribution in [0.25, 0.3) is 0 Å². The van der Waals surface area contributed by atoms with Crippen LogP contribution in [0, 0.1) is 11.8 Å². The monoisotopic (exact) mass is 1330 g/mol. The smallest absolute Gasteiger partial charge is 0.243 e. The molecule has 2 aromatic rings. The molecule has 1 saturated heterocycles. The van der Waals surface area contributed by atoms with E-state index in [2.05, 4.69) is 62.5 Å². The van der Waals surface area contributed by atoms with Crippen molar-refractivity contribution in [3.63, 3.8) is 0 Å². The quantitative estimate of drug-likeness (QED) is 0.0168. The van der Waals surface area contributed by atoms with E-state index >= 15 is 0 Å². The maximum Gasteiger partial charge on any atom is 0.243 e. The van der Waals surface area contributed by atoms with Crippen LogP contribution in [0.5, 0.6) is 5.75 Å². The van der Waals surface area contributed by atoms with E-state index in [0.29, 0.717) is 24.0 Å². The first-order valence-corrected chi connectivity index (χ1v) is 31.8. The molecule has 526 valence electrons. The Morgan fingerprint density at radius 2 is 0.937 bits per heavy atom. The van der Waals surface area contributed by atoms with Crippen LogP contribution in [0.2, 0.25) is 0 Å². The second-order valence-electron chi connectivity index (χ2n) is 23.7. The predicted molar refractivity (Wildman–Crippen MR) is 359 cm³/mol. The van der Waals surface area contributed by atoms with Crippen molar-refractivity contribution in [1.29, 1.82) is 0 Å². The number of hydrogen-bond donors (Lipinski definition) is 19. The van der Waals surface area contributed by atoms with Gasteiger partial charge in [-0.15, -0.1) is 0 Å². The van der Waals surface area contributed by atoms with Gasteiger partial charge in [-0.25, -0.2) is 0 Å². The first kappa shape index (κ1) is 79.2. The van der Waals surface area contributed by atoms with Crippen LogP contribution in [0.15, 0.2) is 74.6 Å². The number of nitrogens with zero attached hydrogens (tertiary/aromatic N) is 5. The number of phenols is 1. The summed E-state index contributed by atoms with van der Waals surface area (Å²) in [6.07, 6.45) is 1.51. The topological polar surface area (TPSA) is 600 Å². The molecule has 0 aliphatic carbocycles. The number of nitrogens with two attached hydrogens (primary N) is 10. The highest BCUT2D eigenvalue weighted by molar-refractivity contribution is 5.99. The maximum absolute atomic E-state index is 14.7. The number of aliphatic imine (C=N–C) groups is 4. The third-order valence-corrected chi connectivity index (χ3v) is 15.4. The molecule has 1 fully saturated rings. The van der Waals surface area contributed by atoms with E-state index in [-0.39, 0.29) is 145 Å². The summed E-state index contributed by atoms with van der Waals surface area (Å²) in [4.78, 5) is 158. The Kier molecular flexibility index (Phi) is 34.6. The minimum absolute atomic E-state index is 0.00627. The normalized spacial score (nSPS) is 15.4. The molecule has 1 heterocycles. The van der Waals surface area contributed by atoms with Crippen LogP contribution in [0.1, 0.15) is 116 Å². The molecule has 1 aliphatic heterocycles. The summed E-state index contributed by atoms with van der Waals surface area (Å²) in [6, 6.07) is 3.49. The maximum atomic E-state index is 14.7. The Balaban J connectivity index is 1.94. The fourth-order valence-corrected chi connectivity index (χ4v) is 10.2. The van der Waals surface area contributed by atoms with E-state index in [1.807, 2.05) is 0 Å². The zero-order chi connectivity index (χ0) is 70.7. The van der Waals surface area contributed by atoms with Gasteiger partial charge in [0.2, 0.25) is 59.1 Å². The number of guanidine groups is 4. The molecule has 29 N–H and O–H groups in total. The van der Waals surface area contributed by atoms with Crippen molar-refractivity contribution in [1.82, 2.24) is 47.4 Å². The number of phenolic OH excluding ortho intramolecular Hbond substituents is 1. The summed E-state index contributed by atoms with van der Waals surface area (Å²) in [5.41, 5.74) is 57.4. The molecule has 10 amide bonds. The van der Waals surface area contributed by atoms with Crippen molar-refractivity contribution in [3.05, 3.63) is 65.7 Å². The molecule has 2 aromatic carbocycles. The Hall–Kier alpha value is -10.0. The summed E-state index contributed by atoms with van der Waals surface area (Å²) in [5.74, 6) is -9.29. The first-order chi connectivity index (χ1) is 45.0.